The molecule has 0 saturated carbocycles. The predicted molar refractivity (Wildman–Crippen MR) is 55.0 cm³/mol. The number of rotatable bonds is 3. The fourth-order valence-electron chi connectivity index (χ4n) is 1.98. The zero-order chi connectivity index (χ0) is 12.6. The van der Waals surface area contributed by atoms with Crippen LogP contribution in [0.5, 0.6) is 0 Å². The van der Waals surface area contributed by atoms with Crippen molar-refractivity contribution >= 4 is 0 Å². The molecule has 0 spiro atoms. The first-order chi connectivity index (χ1) is 7.20. The maximum absolute atomic E-state index is 12.7. The quantitative estimate of drug-likeness (QED) is 0.531. The number of alkyl halides is 3. The molecule has 0 saturated heterocycles. The van der Waals surface area contributed by atoms with E-state index >= 15 is 0 Å². The van der Waals surface area contributed by atoms with E-state index in [1.165, 1.54) is 6.92 Å². The Kier molecular flexibility index (Phi) is 3.39. The van der Waals surface area contributed by atoms with Gasteiger partial charge >= 0.3 is 6.18 Å². The molecule has 7 heteroatoms. The van der Waals surface area contributed by atoms with E-state index in [2.05, 4.69) is 10.6 Å². The molecule has 2 unspecified atom stereocenters. The van der Waals surface area contributed by atoms with Gasteiger partial charge < -0.3 is 16.8 Å². The van der Waals surface area contributed by atoms with Gasteiger partial charge in [0.05, 0.1) is 17.4 Å². The van der Waals surface area contributed by atoms with E-state index in [9.17, 15) is 13.2 Å². The standard InChI is InChI=1S/C9H17F3N4/c1-3-16-8(2,14)6-5(9(10,11)12)4-15-7(6)13/h5,15-16H,3-4,13-14H2,1-2H3. The fraction of sp³-hybridized carbons (Fsp3) is 0.778. The van der Waals surface area contributed by atoms with Gasteiger partial charge in [0.2, 0.25) is 0 Å². The van der Waals surface area contributed by atoms with Crippen LogP contribution in [0.25, 0.3) is 0 Å². The van der Waals surface area contributed by atoms with Gasteiger partial charge in [0, 0.05) is 12.1 Å². The molecule has 1 rings (SSSR count). The van der Waals surface area contributed by atoms with E-state index in [0.717, 1.165) is 0 Å². The smallest absolute Gasteiger partial charge is 0.385 e. The van der Waals surface area contributed by atoms with E-state index in [-0.39, 0.29) is 17.9 Å². The Hall–Kier alpha value is -0.950. The number of likely N-dealkylation sites (N-methyl/N-ethyl adjacent to an activating group) is 1. The summed E-state index contributed by atoms with van der Waals surface area (Å²) in [5, 5.41) is 5.30. The Bertz CT molecular complexity index is 296. The summed E-state index contributed by atoms with van der Waals surface area (Å²) in [5.41, 5.74) is 10.1. The first-order valence-corrected chi connectivity index (χ1v) is 5.04. The maximum Gasteiger partial charge on any atom is 0.397 e. The zero-order valence-electron chi connectivity index (χ0n) is 9.28. The molecular weight excluding hydrogens is 221 g/mol. The summed E-state index contributed by atoms with van der Waals surface area (Å²) >= 11 is 0. The molecule has 1 heterocycles. The van der Waals surface area contributed by atoms with Crippen molar-refractivity contribution in [2.45, 2.75) is 25.7 Å². The molecule has 0 aromatic carbocycles. The van der Waals surface area contributed by atoms with Crippen LogP contribution < -0.4 is 22.1 Å². The number of hydrogen-bond donors (Lipinski definition) is 4. The molecule has 0 bridgehead atoms. The molecule has 94 valence electrons. The molecule has 6 N–H and O–H groups in total. The van der Waals surface area contributed by atoms with Crippen molar-refractivity contribution in [2.24, 2.45) is 17.4 Å². The van der Waals surface area contributed by atoms with Crippen molar-refractivity contribution in [1.29, 1.82) is 0 Å². The summed E-state index contributed by atoms with van der Waals surface area (Å²) < 4.78 is 38.2. The SMILES string of the molecule is CCNC(C)(N)C1=C(N)NCC1C(F)(F)F. The van der Waals surface area contributed by atoms with E-state index in [1.54, 1.807) is 6.92 Å². The van der Waals surface area contributed by atoms with E-state index in [1.807, 2.05) is 0 Å². The van der Waals surface area contributed by atoms with Crippen LogP contribution in [0.1, 0.15) is 13.8 Å². The minimum Gasteiger partial charge on any atom is -0.385 e. The summed E-state index contributed by atoms with van der Waals surface area (Å²) in [7, 11) is 0. The Morgan fingerprint density at radius 2 is 2.06 bits per heavy atom. The van der Waals surface area contributed by atoms with Gasteiger partial charge in [0.15, 0.2) is 0 Å². The van der Waals surface area contributed by atoms with Gasteiger partial charge in [-0.25, -0.2) is 0 Å². The Balaban J connectivity index is 3.03. The molecule has 1 aliphatic heterocycles. The minimum atomic E-state index is -4.33. The van der Waals surface area contributed by atoms with Crippen LogP contribution in [-0.2, 0) is 0 Å². The first kappa shape index (κ1) is 13.1. The lowest BCUT2D eigenvalue weighted by Gasteiger charge is -2.31. The molecule has 0 amide bonds. The van der Waals surface area contributed by atoms with Gasteiger partial charge in [0.25, 0.3) is 0 Å². The topological polar surface area (TPSA) is 76.1 Å². The molecule has 2 atom stereocenters. The molecule has 0 radical (unpaired) electrons. The van der Waals surface area contributed by atoms with Crippen LogP contribution in [0.2, 0.25) is 0 Å². The van der Waals surface area contributed by atoms with Crippen molar-refractivity contribution in [3.05, 3.63) is 11.4 Å². The highest BCUT2D eigenvalue weighted by Crippen LogP contribution is 2.38. The second-order valence-electron chi connectivity index (χ2n) is 4.04. The minimum absolute atomic E-state index is 0.0122. The van der Waals surface area contributed by atoms with Crippen molar-refractivity contribution in [3.63, 3.8) is 0 Å². The van der Waals surface area contributed by atoms with E-state index in [4.69, 9.17) is 11.5 Å². The molecule has 16 heavy (non-hydrogen) atoms. The van der Waals surface area contributed by atoms with Gasteiger partial charge in [-0.3, -0.25) is 5.32 Å². The lowest BCUT2D eigenvalue weighted by atomic mass is 9.90. The van der Waals surface area contributed by atoms with Gasteiger partial charge in [-0.15, -0.1) is 0 Å². The molecular formula is C9H17F3N4. The number of nitrogens with two attached hydrogens (primary N) is 2. The highest BCUT2D eigenvalue weighted by molar-refractivity contribution is 5.30. The van der Waals surface area contributed by atoms with Crippen molar-refractivity contribution in [2.75, 3.05) is 13.1 Å². The predicted octanol–water partition coefficient (Wildman–Crippen LogP) is 0.223. The molecule has 1 aliphatic rings. The number of hydrogen-bond acceptors (Lipinski definition) is 4. The Morgan fingerprint density at radius 1 is 1.50 bits per heavy atom. The second kappa shape index (κ2) is 4.14. The molecule has 0 aliphatic carbocycles. The molecule has 0 aromatic heterocycles. The van der Waals surface area contributed by atoms with Crippen LogP contribution in [-0.4, -0.2) is 24.9 Å². The normalized spacial score (nSPS) is 25.5. The Morgan fingerprint density at radius 3 is 2.50 bits per heavy atom. The monoisotopic (exact) mass is 238 g/mol. The Labute approximate surface area is 92.2 Å². The third-order valence-electron chi connectivity index (χ3n) is 2.63. The lowest BCUT2D eigenvalue weighted by Crippen LogP contribution is -2.55. The molecule has 0 aromatic rings. The third kappa shape index (κ3) is 2.41. The fourth-order valence-corrected chi connectivity index (χ4v) is 1.98. The highest BCUT2D eigenvalue weighted by Gasteiger charge is 2.50. The average molecular weight is 238 g/mol. The van der Waals surface area contributed by atoms with Gasteiger partial charge in [-0.2, -0.15) is 13.2 Å². The summed E-state index contributed by atoms with van der Waals surface area (Å²) in [6.07, 6.45) is -4.33. The van der Waals surface area contributed by atoms with E-state index in [0.29, 0.717) is 6.54 Å². The van der Waals surface area contributed by atoms with Crippen LogP contribution in [0.15, 0.2) is 11.4 Å². The maximum atomic E-state index is 12.7. The van der Waals surface area contributed by atoms with E-state index < -0.39 is 17.8 Å². The largest absolute Gasteiger partial charge is 0.397 e. The third-order valence-corrected chi connectivity index (χ3v) is 2.63. The number of halogens is 3. The summed E-state index contributed by atoms with van der Waals surface area (Å²) in [5.74, 6) is -1.60. The van der Waals surface area contributed by atoms with Crippen molar-refractivity contribution in [1.82, 2.24) is 10.6 Å². The average Bonchev–Trinajstić information content (AvgIpc) is 2.46. The molecule has 0 fully saturated rings. The zero-order valence-corrected chi connectivity index (χ0v) is 9.28. The first-order valence-electron chi connectivity index (χ1n) is 5.04. The van der Waals surface area contributed by atoms with Gasteiger partial charge in [0.1, 0.15) is 0 Å². The van der Waals surface area contributed by atoms with Crippen molar-refractivity contribution < 1.29 is 13.2 Å². The number of nitrogens with one attached hydrogen (secondary N) is 2. The van der Waals surface area contributed by atoms with Gasteiger partial charge in [-0.1, -0.05) is 6.92 Å². The highest BCUT2D eigenvalue weighted by atomic mass is 19.4. The van der Waals surface area contributed by atoms with Crippen molar-refractivity contribution in [3.8, 4) is 0 Å². The van der Waals surface area contributed by atoms with Crippen LogP contribution in [0.3, 0.4) is 0 Å². The molecule has 4 nitrogen and oxygen atoms in total. The second-order valence-corrected chi connectivity index (χ2v) is 4.04. The lowest BCUT2D eigenvalue weighted by molar-refractivity contribution is -0.162. The summed E-state index contributed by atoms with van der Waals surface area (Å²) in [6.45, 7) is 3.48. The van der Waals surface area contributed by atoms with Crippen LogP contribution in [0, 0.1) is 5.92 Å². The van der Waals surface area contributed by atoms with Crippen LogP contribution in [0.4, 0.5) is 13.2 Å². The van der Waals surface area contributed by atoms with Crippen LogP contribution >= 0.6 is 0 Å². The summed E-state index contributed by atoms with van der Waals surface area (Å²) in [4.78, 5) is 0. The summed E-state index contributed by atoms with van der Waals surface area (Å²) in [6, 6.07) is 0. The van der Waals surface area contributed by atoms with Gasteiger partial charge in [-0.05, 0) is 13.5 Å².